The second kappa shape index (κ2) is 10.8. The average molecular weight is 503 g/mol. The Bertz CT molecular complexity index is 1570. The Morgan fingerprint density at radius 2 is 1.66 bits per heavy atom. The standard InChI is InChI=1S/C34H34N2O2/c1-5-24-18-19-31-27(22-24)23-29(33(35-31)38-4)32(26-13-7-6-8-14-26)34(37,20-21-36(2)3)30-17-11-15-25-12-9-10-16-28(25)30/h5-19,22-23,32,37H,1,20-21H2,2-4H3. The number of aromatic nitrogens is 1. The van der Waals surface area contributed by atoms with Gasteiger partial charge in [0.25, 0.3) is 0 Å². The Kier molecular flexibility index (Phi) is 7.28. The van der Waals surface area contributed by atoms with Crippen LogP contribution in [0.2, 0.25) is 0 Å². The minimum Gasteiger partial charge on any atom is -0.481 e. The van der Waals surface area contributed by atoms with Crippen molar-refractivity contribution in [3.8, 4) is 5.88 Å². The molecule has 5 aromatic rings. The minimum atomic E-state index is -1.26. The number of aliphatic hydroxyl groups is 1. The van der Waals surface area contributed by atoms with Crippen LogP contribution in [-0.2, 0) is 5.60 Å². The molecule has 1 N–H and O–H groups in total. The third kappa shape index (κ3) is 4.81. The van der Waals surface area contributed by atoms with Crippen molar-refractivity contribution in [3.63, 3.8) is 0 Å². The van der Waals surface area contributed by atoms with Crippen molar-refractivity contribution in [2.75, 3.05) is 27.7 Å². The second-order valence-electron chi connectivity index (χ2n) is 10.1. The quantitative estimate of drug-likeness (QED) is 0.235. The van der Waals surface area contributed by atoms with E-state index in [4.69, 9.17) is 9.72 Å². The lowest BCUT2D eigenvalue weighted by molar-refractivity contribution is 0.00520. The van der Waals surface area contributed by atoms with E-state index in [1.165, 1.54) is 0 Å². The molecule has 38 heavy (non-hydrogen) atoms. The highest BCUT2D eigenvalue weighted by Crippen LogP contribution is 2.48. The highest BCUT2D eigenvalue weighted by molar-refractivity contribution is 5.87. The maximum atomic E-state index is 13.1. The highest BCUT2D eigenvalue weighted by atomic mass is 16.5. The summed E-state index contributed by atoms with van der Waals surface area (Å²) in [6.45, 7) is 4.64. The molecule has 4 nitrogen and oxygen atoms in total. The zero-order valence-corrected chi connectivity index (χ0v) is 22.3. The first-order valence-electron chi connectivity index (χ1n) is 13.0. The van der Waals surface area contributed by atoms with Gasteiger partial charge in [-0.3, -0.25) is 0 Å². The summed E-state index contributed by atoms with van der Waals surface area (Å²) in [5, 5.41) is 16.2. The lowest BCUT2D eigenvalue weighted by Crippen LogP contribution is -2.38. The van der Waals surface area contributed by atoms with Gasteiger partial charge in [0.15, 0.2) is 0 Å². The van der Waals surface area contributed by atoms with E-state index in [1.54, 1.807) is 7.11 Å². The molecular weight excluding hydrogens is 468 g/mol. The lowest BCUT2D eigenvalue weighted by Gasteiger charge is -2.39. The smallest absolute Gasteiger partial charge is 0.217 e. The summed E-state index contributed by atoms with van der Waals surface area (Å²) < 4.78 is 5.90. The van der Waals surface area contributed by atoms with Crippen molar-refractivity contribution in [1.82, 2.24) is 9.88 Å². The number of ether oxygens (including phenoxy) is 1. The first-order valence-corrected chi connectivity index (χ1v) is 13.0. The van der Waals surface area contributed by atoms with E-state index < -0.39 is 11.5 Å². The molecule has 0 aliphatic heterocycles. The Morgan fingerprint density at radius 1 is 0.921 bits per heavy atom. The van der Waals surface area contributed by atoms with Gasteiger partial charge in [-0.1, -0.05) is 91.5 Å². The van der Waals surface area contributed by atoms with Crippen LogP contribution < -0.4 is 4.74 Å². The highest BCUT2D eigenvalue weighted by Gasteiger charge is 2.43. The van der Waals surface area contributed by atoms with E-state index in [0.717, 1.165) is 43.9 Å². The summed E-state index contributed by atoms with van der Waals surface area (Å²) in [5.74, 6) is 0.0786. The van der Waals surface area contributed by atoms with E-state index in [1.807, 2.05) is 68.7 Å². The fourth-order valence-electron chi connectivity index (χ4n) is 5.48. The summed E-state index contributed by atoms with van der Waals surface area (Å²) >= 11 is 0. The largest absolute Gasteiger partial charge is 0.481 e. The van der Waals surface area contributed by atoms with Crippen molar-refractivity contribution < 1.29 is 9.84 Å². The van der Waals surface area contributed by atoms with Crippen molar-refractivity contribution in [2.45, 2.75) is 17.9 Å². The van der Waals surface area contributed by atoms with Crippen LogP contribution in [-0.4, -0.2) is 42.7 Å². The molecule has 1 aromatic heterocycles. The Hall–Kier alpha value is -3.99. The number of hydrogen-bond donors (Lipinski definition) is 1. The van der Waals surface area contributed by atoms with Gasteiger partial charge in [-0.25, -0.2) is 4.98 Å². The molecule has 0 bridgehead atoms. The van der Waals surface area contributed by atoms with Crippen molar-refractivity contribution in [3.05, 3.63) is 126 Å². The first-order chi connectivity index (χ1) is 18.4. The van der Waals surface area contributed by atoms with Gasteiger partial charge in [0.1, 0.15) is 5.60 Å². The summed E-state index contributed by atoms with van der Waals surface area (Å²) in [6.07, 6.45) is 2.35. The SMILES string of the molecule is C=Cc1ccc2nc(OC)c(C(c3ccccc3)C(O)(CCN(C)C)c3cccc4ccccc34)cc2c1. The van der Waals surface area contributed by atoms with Crippen molar-refractivity contribution in [1.29, 1.82) is 0 Å². The van der Waals surface area contributed by atoms with E-state index in [0.29, 0.717) is 18.8 Å². The Balaban J connectivity index is 1.84. The summed E-state index contributed by atoms with van der Waals surface area (Å²) in [4.78, 5) is 7.02. The van der Waals surface area contributed by atoms with Gasteiger partial charge in [-0.05, 0) is 66.2 Å². The van der Waals surface area contributed by atoms with E-state index in [9.17, 15) is 5.11 Å². The first kappa shape index (κ1) is 25.7. The minimum absolute atomic E-state index is 0.436. The molecule has 0 saturated heterocycles. The predicted molar refractivity (Wildman–Crippen MR) is 158 cm³/mol. The third-order valence-electron chi connectivity index (χ3n) is 7.38. The van der Waals surface area contributed by atoms with Gasteiger partial charge >= 0.3 is 0 Å². The number of rotatable bonds is 9. The van der Waals surface area contributed by atoms with Gasteiger partial charge in [-0.2, -0.15) is 0 Å². The zero-order chi connectivity index (χ0) is 26.7. The molecule has 0 spiro atoms. The Labute approximate surface area is 224 Å². The molecule has 0 amide bonds. The van der Waals surface area contributed by atoms with E-state index >= 15 is 0 Å². The summed E-state index contributed by atoms with van der Waals surface area (Å²) in [5.41, 5.74) is 3.34. The molecule has 4 aromatic carbocycles. The molecule has 192 valence electrons. The molecule has 5 rings (SSSR count). The lowest BCUT2D eigenvalue weighted by atomic mass is 9.70. The van der Waals surface area contributed by atoms with Gasteiger partial charge in [0.05, 0.1) is 12.6 Å². The molecule has 4 heteroatoms. The van der Waals surface area contributed by atoms with E-state index in [2.05, 4.69) is 60.0 Å². The van der Waals surface area contributed by atoms with Crippen molar-refractivity contribution in [2.24, 2.45) is 0 Å². The predicted octanol–water partition coefficient (Wildman–Crippen LogP) is 7.01. The van der Waals surface area contributed by atoms with Gasteiger partial charge in [0, 0.05) is 23.4 Å². The molecule has 0 aliphatic carbocycles. The van der Waals surface area contributed by atoms with Gasteiger partial charge < -0.3 is 14.7 Å². The van der Waals surface area contributed by atoms with Crippen LogP contribution in [0.5, 0.6) is 5.88 Å². The van der Waals surface area contributed by atoms with Gasteiger partial charge in [0.2, 0.25) is 5.88 Å². The molecule has 0 aliphatic rings. The second-order valence-corrected chi connectivity index (χ2v) is 10.1. The average Bonchev–Trinajstić information content (AvgIpc) is 2.95. The zero-order valence-electron chi connectivity index (χ0n) is 22.3. The van der Waals surface area contributed by atoms with Crippen LogP contribution >= 0.6 is 0 Å². The molecule has 0 radical (unpaired) electrons. The maximum Gasteiger partial charge on any atom is 0.217 e. The van der Waals surface area contributed by atoms with Gasteiger partial charge in [-0.15, -0.1) is 0 Å². The molecular formula is C34H34N2O2. The number of fused-ring (bicyclic) bond motifs is 2. The normalized spacial score (nSPS) is 13.9. The number of pyridine rings is 1. The molecule has 0 fully saturated rings. The van der Waals surface area contributed by atoms with Crippen molar-refractivity contribution >= 4 is 27.8 Å². The third-order valence-corrected chi connectivity index (χ3v) is 7.38. The van der Waals surface area contributed by atoms with Crippen LogP contribution in [0.4, 0.5) is 0 Å². The van der Waals surface area contributed by atoms with E-state index in [-0.39, 0.29) is 0 Å². The van der Waals surface area contributed by atoms with Crippen LogP contribution in [0.3, 0.4) is 0 Å². The van der Waals surface area contributed by atoms with Crippen LogP contribution in [0.1, 0.15) is 34.6 Å². The number of methoxy groups -OCH3 is 1. The summed E-state index contributed by atoms with van der Waals surface area (Å²) in [6, 6.07) is 32.9. The molecule has 0 saturated carbocycles. The fraction of sp³-hybridized carbons (Fsp3) is 0.206. The molecule has 2 atom stereocenters. The number of hydrogen-bond acceptors (Lipinski definition) is 4. The summed E-state index contributed by atoms with van der Waals surface area (Å²) in [7, 11) is 5.72. The maximum absolute atomic E-state index is 13.1. The topological polar surface area (TPSA) is 45.6 Å². The van der Waals surface area contributed by atoms with Crippen LogP contribution in [0.15, 0.2) is 104 Å². The number of nitrogens with zero attached hydrogens (tertiary/aromatic N) is 2. The molecule has 2 unspecified atom stereocenters. The fourth-order valence-corrected chi connectivity index (χ4v) is 5.48. The Morgan fingerprint density at radius 3 is 2.39 bits per heavy atom. The molecule has 1 heterocycles. The van der Waals surface area contributed by atoms with Crippen LogP contribution in [0, 0.1) is 0 Å². The number of benzene rings is 4. The van der Waals surface area contributed by atoms with Crippen LogP contribution in [0.25, 0.3) is 27.8 Å². The monoisotopic (exact) mass is 502 g/mol.